The van der Waals surface area contributed by atoms with Crippen molar-refractivity contribution in [3.63, 3.8) is 0 Å². The van der Waals surface area contributed by atoms with Crippen LogP contribution in [0.25, 0.3) is 11.0 Å². The van der Waals surface area contributed by atoms with Gasteiger partial charge in [-0.25, -0.2) is 0 Å². The van der Waals surface area contributed by atoms with E-state index in [0.29, 0.717) is 16.0 Å². The molecule has 1 aromatic heterocycles. The minimum atomic E-state index is -0.639. The molecule has 1 saturated carbocycles. The van der Waals surface area contributed by atoms with E-state index in [-0.39, 0.29) is 17.4 Å². The molecule has 6 heteroatoms. The summed E-state index contributed by atoms with van der Waals surface area (Å²) in [6.45, 7) is 1.97. The fourth-order valence-electron chi connectivity index (χ4n) is 4.84. The molecule has 1 aliphatic heterocycles. The Labute approximate surface area is 184 Å². The number of halogens is 1. The molecule has 2 aromatic carbocycles. The van der Waals surface area contributed by atoms with Crippen LogP contribution >= 0.6 is 11.6 Å². The van der Waals surface area contributed by atoms with Gasteiger partial charge >= 0.3 is 0 Å². The first-order chi connectivity index (χ1) is 14.9. The molecule has 0 saturated heterocycles. The van der Waals surface area contributed by atoms with Gasteiger partial charge in [0.05, 0.1) is 11.6 Å². The number of aliphatic hydroxyl groups is 1. The second-order valence-corrected chi connectivity index (χ2v) is 8.79. The van der Waals surface area contributed by atoms with Crippen molar-refractivity contribution in [1.29, 1.82) is 0 Å². The fourth-order valence-corrected chi connectivity index (χ4v) is 5.02. The van der Waals surface area contributed by atoms with Crippen molar-refractivity contribution in [2.45, 2.75) is 44.7 Å². The number of nitrogens with zero attached hydrogens (tertiary/aromatic N) is 1. The summed E-state index contributed by atoms with van der Waals surface area (Å²) in [5, 5.41) is 12.1. The number of Topliss-reactive ketones (excluding diaryl/α,β-unsaturated/α-hetero) is 1. The summed E-state index contributed by atoms with van der Waals surface area (Å²) < 4.78 is 5.77. The maximum absolute atomic E-state index is 13.6. The van der Waals surface area contributed by atoms with Gasteiger partial charge in [-0.1, -0.05) is 54.3 Å². The molecule has 1 unspecified atom stereocenters. The van der Waals surface area contributed by atoms with Gasteiger partial charge in [0.1, 0.15) is 5.58 Å². The summed E-state index contributed by atoms with van der Waals surface area (Å²) in [7, 11) is 0. The number of carbonyl (C=O) groups is 2. The highest BCUT2D eigenvalue weighted by Gasteiger charge is 2.47. The maximum atomic E-state index is 13.6. The number of aryl methyl sites for hydroxylation is 1. The van der Waals surface area contributed by atoms with Crippen LogP contribution < -0.4 is 0 Å². The highest BCUT2D eigenvalue weighted by atomic mass is 35.5. The molecule has 0 bridgehead atoms. The SMILES string of the molecule is Cc1cccc(C2C(C(=O)c3cc4cc(Cl)ccc4o3)=C(O)C(=O)N2C2CCCC2)c1. The van der Waals surface area contributed by atoms with Gasteiger partial charge in [-0.15, -0.1) is 0 Å². The zero-order valence-corrected chi connectivity index (χ0v) is 17.9. The molecule has 31 heavy (non-hydrogen) atoms. The van der Waals surface area contributed by atoms with E-state index in [1.807, 2.05) is 31.2 Å². The van der Waals surface area contributed by atoms with Crippen molar-refractivity contribution >= 4 is 34.3 Å². The highest BCUT2D eigenvalue weighted by molar-refractivity contribution is 6.31. The van der Waals surface area contributed by atoms with Gasteiger partial charge in [-0.3, -0.25) is 9.59 Å². The quantitative estimate of drug-likeness (QED) is 0.516. The van der Waals surface area contributed by atoms with Gasteiger partial charge in [0, 0.05) is 16.5 Å². The Morgan fingerprint density at radius 3 is 2.65 bits per heavy atom. The molecule has 2 aliphatic rings. The van der Waals surface area contributed by atoms with Crippen LogP contribution in [0.5, 0.6) is 0 Å². The molecule has 1 fully saturated rings. The largest absolute Gasteiger partial charge is 0.503 e. The number of furan rings is 1. The lowest BCUT2D eigenvalue weighted by molar-refractivity contribution is -0.131. The molecule has 158 valence electrons. The zero-order valence-electron chi connectivity index (χ0n) is 17.1. The Hall–Kier alpha value is -3.05. The third-order valence-electron chi connectivity index (χ3n) is 6.27. The Bertz CT molecular complexity index is 1240. The highest BCUT2D eigenvalue weighted by Crippen LogP contribution is 2.43. The second-order valence-electron chi connectivity index (χ2n) is 8.35. The van der Waals surface area contributed by atoms with Gasteiger partial charge in [0.25, 0.3) is 5.91 Å². The van der Waals surface area contributed by atoms with Gasteiger partial charge in [-0.2, -0.15) is 0 Å². The van der Waals surface area contributed by atoms with E-state index < -0.39 is 23.5 Å². The molecule has 5 rings (SSSR count). The third-order valence-corrected chi connectivity index (χ3v) is 6.50. The van der Waals surface area contributed by atoms with Crippen LogP contribution in [0.3, 0.4) is 0 Å². The van der Waals surface area contributed by atoms with Gasteiger partial charge in [-0.05, 0) is 49.6 Å². The Balaban J connectivity index is 1.62. The van der Waals surface area contributed by atoms with Crippen LogP contribution in [0, 0.1) is 6.92 Å². The third kappa shape index (κ3) is 3.33. The minimum Gasteiger partial charge on any atom is -0.503 e. The Morgan fingerprint density at radius 1 is 1.13 bits per heavy atom. The zero-order chi connectivity index (χ0) is 21.7. The Kier molecular flexibility index (Phi) is 4.86. The summed E-state index contributed by atoms with van der Waals surface area (Å²) in [5.41, 5.74) is 2.43. The van der Waals surface area contributed by atoms with Crippen molar-refractivity contribution < 1.29 is 19.1 Å². The molecule has 5 nitrogen and oxygen atoms in total. The van der Waals surface area contributed by atoms with Crippen molar-refractivity contribution in [3.8, 4) is 0 Å². The lowest BCUT2D eigenvalue weighted by Gasteiger charge is -2.32. The summed E-state index contributed by atoms with van der Waals surface area (Å²) in [5.74, 6) is -1.37. The molecule has 1 aliphatic carbocycles. The number of rotatable bonds is 4. The molecule has 2 heterocycles. The van der Waals surface area contributed by atoms with Gasteiger partial charge in [0.2, 0.25) is 5.78 Å². The molecule has 0 spiro atoms. The van der Waals surface area contributed by atoms with Crippen molar-refractivity contribution in [1.82, 2.24) is 4.90 Å². The lowest BCUT2D eigenvalue weighted by Crippen LogP contribution is -2.38. The monoisotopic (exact) mass is 435 g/mol. The number of fused-ring (bicyclic) bond motifs is 1. The maximum Gasteiger partial charge on any atom is 0.290 e. The number of benzene rings is 2. The molecule has 1 atom stereocenters. The van der Waals surface area contributed by atoms with Crippen LogP contribution in [-0.2, 0) is 4.79 Å². The van der Waals surface area contributed by atoms with Crippen molar-refractivity contribution in [2.24, 2.45) is 0 Å². The van der Waals surface area contributed by atoms with Gasteiger partial charge < -0.3 is 14.4 Å². The van der Waals surface area contributed by atoms with Crippen molar-refractivity contribution in [3.05, 3.63) is 81.8 Å². The number of amides is 1. The normalized spacial score (nSPS) is 19.7. The van der Waals surface area contributed by atoms with Crippen LogP contribution in [0.1, 0.15) is 53.4 Å². The number of carbonyl (C=O) groups excluding carboxylic acids is 2. The Morgan fingerprint density at radius 2 is 1.90 bits per heavy atom. The number of hydrogen-bond donors (Lipinski definition) is 1. The van der Waals surface area contributed by atoms with Crippen LogP contribution in [0.2, 0.25) is 5.02 Å². The smallest absolute Gasteiger partial charge is 0.290 e. The molecular weight excluding hydrogens is 414 g/mol. The van der Waals surface area contributed by atoms with Gasteiger partial charge in [0.15, 0.2) is 11.5 Å². The average Bonchev–Trinajstić information content (AvgIpc) is 3.46. The first kappa shape index (κ1) is 19.9. The summed E-state index contributed by atoms with van der Waals surface area (Å²) in [6.07, 6.45) is 3.80. The molecule has 1 N–H and O–H groups in total. The molecular formula is C25H22ClNO4. The molecule has 0 radical (unpaired) electrons. The summed E-state index contributed by atoms with van der Waals surface area (Å²) in [4.78, 5) is 28.4. The second kappa shape index (κ2) is 7.57. The van der Waals surface area contributed by atoms with Crippen molar-refractivity contribution in [2.75, 3.05) is 0 Å². The van der Waals surface area contributed by atoms with E-state index in [1.54, 1.807) is 29.2 Å². The standard InChI is InChI=1S/C25H22ClNO4/c1-14-5-4-6-15(11-14)22-21(24(29)25(30)27(22)18-7-2-3-8-18)23(28)20-13-16-12-17(26)9-10-19(16)31-20/h4-6,9-13,18,22,29H,2-3,7-8H2,1H3. The minimum absolute atomic E-state index is 0.0000536. The van der Waals surface area contributed by atoms with E-state index in [4.69, 9.17) is 16.0 Å². The van der Waals surface area contributed by atoms with E-state index in [9.17, 15) is 14.7 Å². The fraction of sp³-hybridized carbons (Fsp3) is 0.280. The first-order valence-electron chi connectivity index (χ1n) is 10.5. The van der Waals surface area contributed by atoms with Crippen LogP contribution in [0.15, 0.2) is 64.3 Å². The topological polar surface area (TPSA) is 70.7 Å². The summed E-state index contributed by atoms with van der Waals surface area (Å²) in [6, 6.07) is 13.8. The van der Waals surface area contributed by atoms with E-state index in [2.05, 4.69) is 0 Å². The van der Waals surface area contributed by atoms with Crippen LogP contribution in [-0.4, -0.2) is 27.7 Å². The van der Waals surface area contributed by atoms with Crippen LogP contribution in [0.4, 0.5) is 0 Å². The molecule has 1 amide bonds. The predicted molar refractivity (Wildman–Crippen MR) is 118 cm³/mol. The number of aliphatic hydroxyl groups excluding tert-OH is 1. The average molecular weight is 436 g/mol. The van der Waals surface area contributed by atoms with E-state index in [0.717, 1.165) is 36.8 Å². The lowest BCUT2D eigenvalue weighted by atomic mass is 9.93. The predicted octanol–water partition coefficient (Wildman–Crippen LogP) is 5.92. The molecule has 3 aromatic rings. The summed E-state index contributed by atoms with van der Waals surface area (Å²) >= 11 is 6.06. The van der Waals surface area contributed by atoms with E-state index >= 15 is 0 Å². The van der Waals surface area contributed by atoms with E-state index in [1.165, 1.54) is 0 Å². The number of hydrogen-bond acceptors (Lipinski definition) is 4. The number of ketones is 1. The first-order valence-corrected chi connectivity index (χ1v) is 10.9.